The van der Waals surface area contributed by atoms with Gasteiger partial charge in [0.2, 0.25) is 0 Å². The predicted molar refractivity (Wildman–Crippen MR) is 105 cm³/mol. The van der Waals surface area contributed by atoms with Crippen LogP contribution in [0.15, 0.2) is 53.6 Å². The standard InChI is InChI=1S/C19H16N6O2S/c1-12-17(28-24-22-12)18(26)21-10-16-14-6-2-3-7-15(14)19(27)25(23-16)11-13-5-4-8-20-9-13/h2-9H,10-11H2,1H3,(H,21,26). The zero-order valence-electron chi connectivity index (χ0n) is 15.0. The van der Waals surface area contributed by atoms with Crippen molar-refractivity contribution in [1.82, 2.24) is 29.7 Å². The van der Waals surface area contributed by atoms with E-state index in [1.807, 2.05) is 30.3 Å². The minimum absolute atomic E-state index is 0.183. The zero-order valence-corrected chi connectivity index (χ0v) is 15.8. The van der Waals surface area contributed by atoms with Crippen LogP contribution in [-0.2, 0) is 13.1 Å². The summed E-state index contributed by atoms with van der Waals surface area (Å²) in [6.07, 6.45) is 3.38. The minimum atomic E-state index is -0.261. The van der Waals surface area contributed by atoms with Crippen LogP contribution in [0.2, 0.25) is 0 Å². The van der Waals surface area contributed by atoms with Crippen LogP contribution in [0.25, 0.3) is 10.8 Å². The fourth-order valence-electron chi connectivity index (χ4n) is 2.89. The van der Waals surface area contributed by atoms with Crippen molar-refractivity contribution < 1.29 is 4.79 Å². The Labute approximate surface area is 164 Å². The molecule has 9 heteroatoms. The molecular formula is C19H16N6O2S. The third kappa shape index (κ3) is 3.52. The van der Waals surface area contributed by atoms with Gasteiger partial charge in [0, 0.05) is 17.8 Å². The number of fused-ring (bicyclic) bond motifs is 1. The van der Waals surface area contributed by atoms with Crippen LogP contribution >= 0.6 is 11.5 Å². The molecule has 0 bridgehead atoms. The highest BCUT2D eigenvalue weighted by molar-refractivity contribution is 7.07. The number of rotatable bonds is 5. The van der Waals surface area contributed by atoms with Crippen molar-refractivity contribution in [3.05, 3.63) is 81.0 Å². The lowest BCUT2D eigenvalue weighted by molar-refractivity contribution is 0.0953. The first-order valence-corrected chi connectivity index (χ1v) is 9.35. The fraction of sp³-hybridized carbons (Fsp3) is 0.158. The van der Waals surface area contributed by atoms with Crippen molar-refractivity contribution >= 4 is 28.2 Å². The zero-order chi connectivity index (χ0) is 19.5. The lowest BCUT2D eigenvalue weighted by atomic mass is 10.1. The second-order valence-corrected chi connectivity index (χ2v) is 6.94. The van der Waals surface area contributed by atoms with Gasteiger partial charge in [0.1, 0.15) is 4.88 Å². The molecule has 0 saturated heterocycles. The minimum Gasteiger partial charge on any atom is -0.345 e. The molecule has 1 aromatic carbocycles. The molecule has 0 saturated carbocycles. The molecule has 1 N–H and O–H groups in total. The second-order valence-electron chi connectivity index (χ2n) is 6.19. The maximum Gasteiger partial charge on any atom is 0.274 e. The molecular weight excluding hydrogens is 376 g/mol. The average molecular weight is 392 g/mol. The summed E-state index contributed by atoms with van der Waals surface area (Å²) in [5.41, 5.74) is 1.88. The average Bonchev–Trinajstić information content (AvgIpc) is 3.16. The third-order valence-electron chi connectivity index (χ3n) is 4.27. The number of nitrogens with one attached hydrogen (secondary N) is 1. The van der Waals surface area contributed by atoms with Gasteiger partial charge in [0.25, 0.3) is 11.5 Å². The Hall–Kier alpha value is -3.46. The van der Waals surface area contributed by atoms with Crippen molar-refractivity contribution in [2.45, 2.75) is 20.0 Å². The first kappa shape index (κ1) is 17.9. The molecule has 1 amide bonds. The largest absolute Gasteiger partial charge is 0.345 e. The van der Waals surface area contributed by atoms with Gasteiger partial charge in [0.15, 0.2) is 0 Å². The molecule has 4 rings (SSSR count). The number of carbonyl (C=O) groups is 1. The van der Waals surface area contributed by atoms with Crippen LogP contribution in [0, 0.1) is 6.92 Å². The van der Waals surface area contributed by atoms with Crippen molar-refractivity contribution in [2.75, 3.05) is 0 Å². The van der Waals surface area contributed by atoms with Crippen LogP contribution in [0.5, 0.6) is 0 Å². The van der Waals surface area contributed by atoms with Gasteiger partial charge >= 0.3 is 0 Å². The summed E-state index contributed by atoms with van der Waals surface area (Å²) >= 11 is 1.05. The number of aromatic nitrogens is 5. The molecule has 140 valence electrons. The van der Waals surface area contributed by atoms with Crippen molar-refractivity contribution in [1.29, 1.82) is 0 Å². The van der Waals surface area contributed by atoms with E-state index in [0.29, 0.717) is 28.2 Å². The van der Waals surface area contributed by atoms with Gasteiger partial charge in [-0.05, 0) is 36.2 Å². The van der Waals surface area contributed by atoms with Gasteiger partial charge in [-0.25, -0.2) is 4.68 Å². The predicted octanol–water partition coefficient (Wildman–Crippen LogP) is 1.93. The van der Waals surface area contributed by atoms with Crippen LogP contribution < -0.4 is 10.9 Å². The van der Waals surface area contributed by atoms with E-state index in [9.17, 15) is 9.59 Å². The van der Waals surface area contributed by atoms with Crippen LogP contribution in [0.3, 0.4) is 0 Å². The Morgan fingerprint density at radius 2 is 2.00 bits per heavy atom. The number of nitrogens with zero attached hydrogens (tertiary/aromatic N) is 5. The number of hydrogen-bond acceptors (Lipinski definition) is 7. The Morgan fingerprint density at radius 3 is 2.71 bits per heavy atom. The summed E-state index contributed by atoms with van der Waals surface area (Å²) in [6, 6.07) is 11.0. The molecule has 0 radical (unpaired) electrons. The molecule has 0 unspecified atom stereocenters. The van der Waals surface area contributed by atoms with E-state index in [0.717, 1.165) is 22.5 Å². The summed E-state index contributed by atoms with van der Waals surface area (Å²) in [5, 5.41) is 12.5. The van der Waals surface area contributed by atoms with Gasteiger partial charge < -0.3 is 5.32 Å². The molecule has 3 aromatic heterocycles. The monoisotopic (exact) mass is 392 g/mol. The maximum absolute atomic E-state index is 12.8. The number of aryl methyl sites for hydroxylation is 1. The smallest absolute Gasteiger partial charge is 0.274 e. The van der Waals surface area contributed by atoms with E-state index >= 15 is 0 Å². The van der Waals surface area contributed by atoms with Gasteiger partial charge in [-0.3, -0.25) is 14.6 Å². The molecule has 0 aliphatic heterocycles. The molecule has 0 spiro atoms. The summed E-state index contributed by atoms with van der Waals surface area (Å²) < 4.78 is 5.19. The summed E-state index contributed by atoms with van der Waals surface area (Å²) in [4.78, 5) is 29.8. The van der Waals surface area contributed by atoms with Crippen LogP contribution in [0.1, 0.15) is 26.6 Å². The van der Waals surface area contributed by atoms with E-state index in [4.69, 9.17) is 0 Å². The number of hydrogen-bond donors (Lipinski definition) is 1. The molecule has 8 nitrogen and oxygen atoms in total. The highest BCUT2D eigenvalue weighted by Gasteiger charge is 2.15. The van der Waals surface area contributed by atoms with E-state index in [-0.39, 0.29) is 18.0 Å². The van der Waals surface area contributed by atoms with Gasteiger partial charge in [-0.2, -0.15) is 5.10 Å². The highest BCUT2D eigenvalue weighted by atomic mass is 32.1. The van der Waals surface area contributed by atoms with E-state index in [2.05, 4.69) is 25.0 Å². The third-order valence-corrected chi connectivity index (χ3v) is 5.10. The van der Waals surface area contributed by atoms with Gasteiger partial charge in [0.05, 0.1) is 29.9 Å². The van der Waals surface area contributed by atoms with Gasteiger partial charge in [-0.1, -0.05) is 28.8 Å². The SMILES string of the molecule is Cc1nnsc1C(=O)NCc1nn(Cc2cccnc2)c(=O)c2ccccc12. The molecule has 28 heavy (non-hydrogen) atoms. The first-order valence-electron chi connectivity index (χ1n) is 8.58. The van der Waals surface area contributed by atoms with Crippen molar-refractivity contribution in [2.24, 2.45) is 0 Å². The Balaban J connectivity index is 1.69. The van der Waals surface area contributed by atoms with Crippen molar-refractivity contribution in [3.63, 3.8) is 0 Å². The molecule has 0 aliphatic rings. The van der Waals surface area contributed by atoms with Crippen LogP contribution in [0.4, 0.5) is 0 Å². The molecule has 3 heterocycles. The highest BCUT2D eigenvalue weighted by Crippen LogP contribution is 2.15. The summed E-state index contributed by atoms with van der Waals surface area (Å²) in [7, 11) is 0. The van der Waals surface area contributed by atoms with Crippen molar-refractivity contribution in [3.8, 4) is 0 Å². The topological polar surface area (TPSA) is 103 Å². The number of amides is 1. The lowest BCUT2D eigenvalue weighted by Gasteiger charge is -2.11. The molecule has 0 aliphatic carbocycles. The quantitative estimate of drug-likeness (QED) is 0.557. The van der Waals surface area contributed by atoms with Crippen LogP contribution in [-0.4, -0.2) is 30.3 Å². The first-order chi connectivity index (χ1) is 13.6. The Morgan fingerprint density at radius 1 is 1.18 bits per heavy atom. The number of carbonyl (C=O) groups excluding carboxylic acids is 1. The second kappa shape index (κ2) is 7.65. The molecule has 4 aromatic rings. The van der Waals surface area contributed by atoms with E-state index in [1.54, 1.807) is 25.4 Å². The Bertz CT molecular complexity index is 1200. The fourth-order valence-corrected chi connectivity index (χ4v) is 3.46. The number of benzene rings is 1. The molecule has 0 fully saturated rings. The maximum atomic E-state index is 12.8. The van der Waals surface area contributed by atoms with E-state index < -0.39 is 0 Å². The normalized spacial score (nSPS) is 10.9. The van der Waals surface area contributed by atoms with Gasteiger partial charge in [-0.15, -0.1) is 5.10 Å². The lowest BCUT2D eigenvalue weighted by Crippen LogP contribution is -2.29. The Kier molecular flexibility index (Phi) is 4.90. The summed E-state index contributed by atoms with van der Waals surface area (Å²) in [6.45, 7) is 2.22. The summed E-state index contributed by atoms with van der Waals surface area (Å²) in [5.74, 6) is -0.261. The van der Waals surface area contributed by atoms with E-state index in [1.165, 1.54) is 4.68 Å². The molecule has 0 atom stereocenters. The number of pyridine rings is 1.